The number of thioether (sulfide) groups is 1. The molecule has 0 saturated carbocycles. The normalized spacial score (nSPS) is 19.4. The van der Waals surface area contributed by atoms with Crippen molar-refractivity contribution in [1.29, 1.82) is 0 Å². The Morgan fingerprint density at radius 1 is 0.975 bits per heavy atom. The molecule has 0 N–H and O–H groups in total. The summed E-state index contributed by atoms with van der Waals surface area (Å²) in [6.45, 7) is 4.51. The Kier molecular flexibility index (Phi) is 8.92. The lowest BCUT2D eigenvalue weighted by Crippen LogP contribution is -2.51. The van der Waals surface area contributed by atoms with Gasteiger partial charge in [-0.2, -0.15) is 0 Å². The van der Waals surface area contributed by atoms with E-state index in [-0.39, 0.29) is 28.7 Å². The van der Waals surface area contributed by atoms with Crippen LogP contribution in [-0.2, 0) is 11.3 Å². The number of hydrogen-bond donors (Lipinski definition) is 0. The predicted octanol–water partition coefficient (Wildman–Crippen LogP) is 4.47. The maximum absolute atomic E-state index is 13.3. The Bertz CT molecular complexity index is 1300. The molecule has 11 heteroatoms. The lowest BCUT2D eigenvalue weighted by Gasteiger charge is -2.37. The number of amides is 1. The van der Waals surface area contributed by atoms with Crippen molar-refractivity contribution >= 4 is 34.5 Å². The minimum Gasteiger partial charge on any atom is -0.445 e. The van der Waals surface area contributed by atoms with Crippen LogP contribution >= 0.6 is 11.8 Å². The molecule has 40 heavy (non-hydrogen) atoms. The molecule has 0 aliphatic carbocycles. The second-order valence-electron chi connectivity index (χ2n) is 9.89. The van der Waals surface area contributed by atoms with Crippen LogP contribution in [0, 0.1) is 10.1 Å². The van der Waals surface area contributed by atoms with Crippen LogP contribution in [0.1, 0.15) is 22.3 Å². The summed E-state index contributed by atoms with van der Waals surface area (Å²) >= 11 is 1.28. The summed E-state index contributed by atoms with van der Waals surface area (Å²) in [4.78, 5) is 47.4. The van der Waals surface area contributed by atoms with Crippen molar-refractivity contribution in [3.63, 3.8) is 0 Å². The van der Waals surface area contributed by atoms with Gasteiger partial charge in [0.2, 0.25) is 5.12 Å². The summed E-state index contributed by atoms with van der Waals surface area (Å²) in [6, 6.07) is 21.0. The summed E-state index contributed by atoms with van der Waals surface area (Å²) in [5, 5.41) is 10.9. The number of aromatic nitrogens is 1. The molecule has 0 spiro atoms. The molecule has 2 fully saturated rings. The SMILES string of the molecule is O=C(S[C@H]1C[C@@H](CN2CCN(c3ccccn3)CC2)N(C(=O)OCc2ccc([N+](=O)[O-])cc2)C1)c1ccccc1. The van der Waals surface area contributed by atoms with Gasteiger partial charge in [0.05, 0.1) is 4.92 Å². The van der Waals surface area contributed by atoms with Gasteiger partial charge in [0.1, 0.15) is 12.4 Å². The summed E-state index contributed by atoms with van der Waals surface area (Å²) in [6.07, 6.45) is 2.05. The number of pyridine rings is 1. The summed E-state index contributed by atoms with van der Waals surface area (Å²) < 4.78 is 5.63. The maximum Gasteiger partial charge on any atom is 0.410 e. The zero-order chi connectivity index (χ0) is 27.9. The summed E-state index contributed by atoms with van der Waals surface area (Å²) in [7, 11) is 0. The minimum atomic E-state index is -0.463. The van der Waals surface area contributed by atoms with Gasteiger partial charge in [-0.05, 0) is 36.2 Å². The monoisotopic (exact) mass is 561 g/mol. The van der Waals surface area contributed by atoms with E-state index in [0.717, 1.165) is 32.0 Å². The number of ether oxygens (including phenoxy) is 1. The molecule has 1 aromatic heterocycles. The number of hydrogen-bond acceptors (Lipinski definition) is 9. The van der Waals surface area contributed by atoms with Gasteiger partial charge in [-0.25, -0.2) is 9.78 Å². The summed E-state index contributed by atoms with van der Waals surface area (Å²) in [5.41, 5.74) is 1.31. The number of non-ortho nitro benzene ring substituents is 1. The highest BCUT2D eigenvalue weighted by molar-refractivity contribution is 8.14. The van der Waals surface area contributed by atoms with Gasteiger partial charge in [0.15, 0.2) is 0 Å². The van der Waals surface area contributed by atoms with Crippen molar-refractivity contribution in [2.24, 2.45) is 0 Å². The average Bonchev–Trinajstić information content (AvgIpc) is 3.39. The number of nitro groups is 1. The van der Waals surface area contributed by atoms with Gasteiger partial charge in [-0.1, -0.05) is 48.2 Å². The van der Waals surface area contributed by atoms with Gasteiger partial charge in [-0.3, -0.25) is 19.8 Å². The van der Waals surface area contributed by atoms with Crippen LogP contribution in [-0.4, -0.2) is 81.5 Å². The van der Waals surface area contributed by atoms with E-state index in [1.165, 1.54) is 23.9 Å². The lowest BCUT2D eigenvalue weighted by molar-refractivity contribution is -0.384. The topological polar surface area (TPSA) is 109 Å². The van der Waals surface area contributed by atoms with E-state index in [9.17, 15) is 19.7 Å². The molecule has 3 aromatic rings. The van der Waals surface area contributed by atoms with Crippen molar-refractivity contribution in [1.82, 2.24) is 14.8 Å². The second kappa shape index (κ2) is 12.9. The predicted molar refractivity (Wildman–Crippen MR) is 153 cm³/mol. The van der Waals surface area contributed by atoms with Crippen molar-refractivity contribution in [2.45, 2.75) is 24.3 Å². The van der Waals surface area contributed by atoms with E-state index in [4.69, 9.17) is 4.74 Å². The average molecular weight is 562 g/mol. The molecule has 0 unspecified atom stereocenters. The number of benzene rings is 2. The first-order valence-corrected chi connectivity index (χ1v) is 14.2. The molecule has 2 saturated heterocycles. The van der Waals surface area contributed by atoms with Gasteiger partial charge in [0, 0.05) is 74.5 Å². The Morgan fingerprint density at radius 3 is 2.38 bits per heavy atom. The molecular weight excluding hydrogens is 530 g/mol. The van der Waals surface area contributed by atoms with Crippen molar-refractivity contribution in [3.8, 4) is 0 Å². The van der Waals surface area contributed by atoms with Gasteiger partial charge in [-0.15, -0.1) is 0 Å². The first-order valence-electron chi connectivity index (χ1n) is 13.3. The van der Waals surface area contributed by atoms with Crippen LogP contribution in [0.2, 0.25) is 0 Å². The Hall–Kier alpha value is -3.96. The number of nitrogens with zero attached hydrogens (tertiary/aromatic N) is 5. The molecule has 0 bridgehead atoms. The van der Waals surface area contributed by atoms with Crippen molar-refractivity contribution in [3.05, 3.63) is 100 Å². The third kappa shape index (κ3) is 6.97. The van der Waals surface area contributed by atoms with Crippen LogP contribution in [0.4, 0.5) is 16.3 Å². The van der Waals surface area contributed by atoms with Crippen molar-refractivity contribution in [2.75, 3.05) is 44.2 Å². The largest absolute Gasteiger partial charge is 0.445 e. The van der Waals surface area contributed by atoms with Crippen LogP contribution in [0.15, 0.2) is 79.0 Å². The smallest absolute Gasteiger partial charge is 0.410 e. The molecule has 2 aliphatic rings. The van der Waals surface area contributed by atoms with E-state index >= 15 is 0 Å². The number of nitro benzene ring substituents is 1. The molecule has 1 amide bonds. The van der Waals surface area contributed by atoms with E-state index in [2.05, 4.69) is 14.8 Å². The third-order valence-electron chi connectivity index (χ3n) is 7.22. The minimum absolute atomic E-state index is 0.00516. The highest BCUT2D eigenvalue weighted by Crippen LogP contribution is 2.31. The van der Waals surface area contributed by atoms with Crippen LogP contribution in [0.25, 0.3) is 0 Å². The van der Waals surface area contributed by atoms with Gasteiger partial charge < -0.3 is 14.5 Å². The first kappa shape index (κ1) is 27.6. The zero-order valence-corrected chi connectivity index (χ0v) is 22.8. The molecule has 0 radical (unpaired) electrons. The summed E-state index contributed by atoms with van der Waals surface area (Å²) in [5.74, 6) is 0.968. The number of anilines is 1. The Morgan fingerprint density at radius 2 is 1.70 bits per heavy atom. The van der Waals surface area contributed by atoms with Gasteiger partial charge in [0.25, 0.3) is 5.69 Å². The van der Waals surface area contributed by atoms with E-state index < -0.39 is 11.0 Å². The fourth-order valence-electron chi connectivity index (χ4n) is 5.09. The molecule has 2 aromatic carbocycles. The molecule has 10 nitrogen and oxygen atoms in total. The molecule has 3 heterocycles. The molecule has 208 valence electrons. The first-order chi connectivity index (χ1) is 19.5. The number of piperazine rings is 1. The Labute approximate surface area is 237 Å². The molecule has 2 atom stereocenters. The zero-order valence-electron chi connectivity index (χ0n) is 22.0. The van der Waals surface area contributed by atoms with E-state index in [1.807, 2.05) is 36.4 Å². The number of carbonyl (C=O) groups excluding carboxylic acids is 2. The number of likely N-dealkylation sites (tertiary alicyclic amines) is 1. The maximum atomic E-state index is 13.3. The Balaban J connectivity index is 1.21. The highest BCUT2D eigenvalue weighted by Gasteiger charge is 2.39. The molecule has 2 aliphatic heterocycles. The standard InChI is InChI=1S/C29H31N5O5S/c35-28(23-6-2-1-3-7-23)40-26-18-25(19-31-14-16-32(17-15-31)27-8-4-5-13-30-27)33(20-26)29(36)39-21-22-9-11-24(12-10-22)34(37)38/h1-13,25-26H,14-21H2/t25-,26-/m0/s1. The molecule has 5 rings (SSSR count). The van der Waals surface area contributed by atoms with Crippen LogP contribution in [0.3, 0.4) is 0 Å². The fourth-order valence-corrected chi connectivity index (χ4v) is 6.22. The molecular formula is C29H31N5O5S. The second-order valence-corrected chi connectivity index (χ2v) is 11.2. The van der Waals surface area contributed by atoms with E-state index in [1.54, 1.807) is 35.4 Å². The quantitative estimate of drug-likeness (QED) is 0.291. The number of carbonyl (C=O) groups is 2. The van der Waals surface area contributed by atoms with Crippen molar-refractivity contribution < 1.29 is 19.2 Å². The van der Waals surface area contributed by atoms with Crippen LogP contribution in [0.5, 0.6) is 0 Å². The third-order valence-corrected chi connectivity index (χ3v) is 8.34. The van der Waals surface area contributed by atoms with E-state index in [0.29, 0.717) is 30.6 Å². The highest BCUT2D eigenvalue weighted by atomic mass is 32.2. The van der Waals surface area contributed by atoms with Gasteiger partial charge >= 0.3 is 6.09 Å². The van der Waals surface area contributed by atoms with Crippen LogP contribution < -0.4 is 4.90 Å². The lowest BCUT2D eigenvalue weighted by atomic mass is 10.2. The number of rotatable bonds is 8. The fraction of sp³-hybridized carbons (Fsp3) is 0.345.